The Morgan fingerprint density at radius 1 is 1.39 bits per heavy atom. The predicted molar refractivity (Wildman–Crippen MR) is 77.7 cm³/mol. The van der Waals surface area contributed by atoms with Gasteiger partial charge in [0.05, 0.1) is 16.4 Å². The summed E-state index contributed by atoms with van der Waals surface area (Å²) in [4.78, 5) is 0. The normalized spacial score (nSPS) is 12.7. The zero-order valence-corrected chi connectivity index (χ0v) is 12.7. The molecule has 2 aromatic rings. The van der Waals surface area contributed by atoms with Gasteiger partial charge in [-0.1, -0.05) is 39.7 Å². The molecule has 0 aliphatic rings. The predicted octanol–water partition coefficient (Wildman–Crippen LogP) is 3.39. The Hall–Kier alpha value is -0.840. The van der Waals surface area contributed by atoms with Crippen molar-refractivity contribution in [3.05, 3.63) is 50.7 Å². The van der Waals surface area contributed by atoms with Gasteiger partial charge in [-0.15, -0.1) is 0 Å². The standard InChI is InChI=1S/C13H15BrClN3/c1-8-13(15)12(18(2)17-8)7-11(16)9-3-5-10(14)6-4-9/h3-6,11H,7,16H2,1-2H3. The van der Waals surface area contributed by atoms with E-state index in [1.165, 1.54) is 0 Å². The molecule has 2 N–H and O–H groups in total. The molecule has 0 saturated heterocycles. The Balaban J connectivity index is 2.21. The summed E-state index contributed by atoms with van der Waals surface area (Å²) in [7, 11) is 1.89. The van der Waals surface area contributed by atoms with Gasteiger partial charge in [-0.2, -0.15) is 5.10 Å². The van der Waals surface area contributed by atoms with Crippen molar-refractivity contribution in [2.45, 2.75) is 19.4 Å². The molecule has 3 nitrogen and oxygen atoms in total. The minimum atomic E-state index is -0.0783. The SMILES string of the molecule is Cc1nn(C)c(CC(N)c2ccc(Br)cc2)c1Cl. The second kappa shape index (κ2) is 5.43. The van der Waals surface area contributed by atoms with Crippen molar-refractivity contribution in [3.63, 3.8) is 0 Å². The van der Waals surface area contributed by atoms with Crippen LogP contribution in [-0.2, 0) is 13.5 Å². The highest BCUT2D eigenvalue weighted by Crippen LogP contribution is 2.25. The van der Waals surface area contributed by atoms with Gasteiger partial charge >= 0.3 is 0 Å². The molecular weight excluding hydrogens is 314 g/mol. The highest BCUT2D eigenvalue weighted by molar-refractivity contribution is 9.10. The van der Waals surface area contributed by atoms with E-state index in [2.05, 4.69) is 21.0 Å². The van der Waals surface area contributed by atoms with Crippen molar-refractivity contribution in [1.82, 2.24) is 9.78 Å². The van der Waals surface area contributed by atoms with E-state index in [9.17, 15) is 0 Å². The van der Waals surface area contributed by atoms with Crippen LogP contribution in [0.4, 0.5) is 0 Å². The monoisotopic (exact) mass is 327 g/mol. The van der Waals surface area contributed by atoms with E-state index in [0.717, 1.165) is 21.4 Å². The molecule has 0 fully saturated rings. The molecule has 2 rings (SSSR count). The Morgan fingerprint density at radius 3 is 2.50 bits per heavy atom. The Bertz CT molecular complexity index is 548. The number of hydrogen-bond donors (Lipinski definition) is 1. The molecule has 0 spiro atoms. The summed E-state index contributed by atoms with van der Waals surface area (Å²) in [6, 6.07) is 7.94. The number of nitrogens with zero attached hydrogens (tertiary/aromatic N) is 2. The fourth-order valence-electron chi connectivity index (χ4n) is 1.94. The van der Waals surface area contributed by atoms with E-state index in [1.54, 1.807) is 4.68 Å². The van der Waals surface area contributed by atoms with Gasteiger partial charge in [-0.05, 0) is 24.6 Å². The number of benzene rings is 1. The van der Waals surface area contributed by atoms with Crippen LogP contribution in [-0.4, -0.2) is 9.78 Å². The number of halogens is 2. The summed E-state index contributed by atoms with van der Waals surface area (Å²) >= 11 is 9.64. The first-order valence-electron chi connectivity index (χ1n) is 5.68. The van der Waals surface area contributed by atoms with E-state index in [1.807, 2.05) is 38.2 Å². The van der Waals surface area contributed by atoms with Gasteiger partial charge in [0.1, 0.15) is 0 Å². The third-order valence-electron chi connectivity index (χ3n) is 2.97. The maximum atomic E-state index is 6.22. The average molecular weight is 329 g/mol. The second-order valence-electron chi connectivity index (χ2n) is 4.33. The second-order valence-corrected chi connectivity index (χ2v) is 5.63. The molecule has 0 radical (unpaired) electrons. The molecule has 0 saturated carbocycles. The molecule has 0 amide bonds. The topological polar surface area (TPSA) is 43.8 Å². The summed E-state index contributed by atoms with van der Waals surface area (Å²) in [5.41, 5.74) is 9.12. The summed E-state index contributed by atoms with van der Waals surface area (Å²) in [5, 5.41) is 5.01. The third-order valence-corrected chi connectivity index (χ3v) is 3.99. The van der Waals surface area contributed by atoms with Crippen molar-refractivity contribution in [3.8, 4) is 0 Å². The quantitative estimate of drug-likeness (QED) is 0.938. The van der Waals surface area contributed by atoms with Crippen LogP contribution in [0, 0.1) is 6.92 Å². The molecule has 1 aromatic carbocycles. The Morgan fingerprint density at radius 2 is 2.00 bits per heavy atom. The molecule has 1 aromatic heterocycles. The third kappa shape index (κ3) is 2.76. The molecule has 1 atom stereocenters. The van der Waals surface area contributed by atoms with Gasteiger partial charge in [-0.25, -0.2) is 0 Å². The van der Waals surface area contributed by atoms with Crippen LogP contribution in [0.1, 0.15) is 23.0 Å². The number of aryl methyl sites for hydroxylation is 2. The minimum absolute atomic E-state index is 0.0783. The number of nitrogens with two attached hydrogens (primary N) is 1. The summed E-state index contributed by atoms with van der Waals surface area (Å²) in [5.74, 6) is 0. The summed E-state index contributed by atoms with van der Waals surface area (Å²) < 4.78 is 2.85. The van der Waals surface area contributed by atoms with Gasteiger partial charge in [0.25, 0.3) is 0 Å². The highest BCUT2D eigenvalue weighted by atomic mass is 79.9. The number of aromatic nitrogens is 2. The number of hydrogen-bond acceptors (Lipinski definition) is 2. The highest BCUT2D eigenvalue weighted by Gasteiger charge is 2.15. The maximum Gasteiger partial charge on any atom is 0.0847 e. The fraction of sp³-hybridized carbons (Fsp3) is 0.308. The van der Waals surface area contributed by atoms with Crippen molar-refractivity contribution >= 4 is 27.5 Å². The molecule has 0 aliphatic carbocycles. The van der Waals surface area contributed by atoms with Gasteiger partial charge in [0.15, 0.2) is 0 Å². The van der Waals surface area contributed by atoms with Crippen LogP contribution in [0.5, 0.6) is 0 Å². The molecule has 5 heteroatoms. The molecule has 1 unspecified atom stereocenters. The Labute approximate surface area is 120 Å². The molecule has 0 bridgehead atoms. The van der Waals surface area contributed by atoms with Gasteiger partial charge in [0, 0.05) is 24.0 Å². The summed E-state index contributed by atoms with van der Waals surface area (Å²) in [6.07, 6.45) is 0.678. The van der Waals surface area contributed by atoms with Crippen LogP contribution < -0.4 is 5.73 Å². The zero-order valence-electron chi connectivity index (χ0n) is 10.3. The first kappa shape index (κ1) is 13.6. The summed E-state index contributed by atoms with van der Waals surface area (Å²) in [6.45, 7) is 1.90. The lowest BCUT2D eigenvalue weighted by molar-refractivity contribution is 0.640. The van der Waals surface area contributed by atoms with Crippen LogP contribution in [0.2, 0.25) is 5.02 Å². The molecule has 18 heavy (non-hydrogen) atoms. The lowest BCUT2D eigenvalue weighted by atomic mass is 10.0. The van der Waals surface area contributed by atoms with Gasteiger partial charge in [0.2, 0.25) is 0 Å². The molecule has 96 valence electrons. The number of rotatable bonds is 3. The van der Waals surface area contributed by atoms with Crippen LogP contribution >= 0.6 is 27.5 Å². The molecular formula is C13H15BrClN3. The van der Waals surface area contributed by atoms with Gasteiger partial charge in [-0.3, -0.25) is 4.68 Å². The van der Waals surface area contributed by atoms with E-state index < -0.39 is 0 Å². The van der Waals surface area contributed by atoms with E-state index in [0.29, 0.717) is 11.4 Å². The van der Waals surface area contributed by atoms with E-state index in [4.69, 9.17) is 17.3 Å². The van der Waals surface area contributed by atoms with E-state index in [-0.39, 0.29) is 6.04 Å². The van der Waals surface area contributed by atoms with Crippen LogP contribution in [0.15, 0.2) is 28.7 Å². The smallest absolute Gasteiger partial charge is 0.0847 e. The van der Waals surface area contributed by atoms with E-state index >= 15 is 0 Å². The Kier molecular flexibility index (Phi) is 4.10. The molecule has 1 heterocycles. The lowest BCUT2D eigenvalue weighted by Crippen LogP contribution is -2.15. The first-order valence-corrected chi connectivity index (χ1v) is 6.85. The van der Waals surface area contributed by atoms with Crippen molar-refractivity contribution in [2.75, 3.05) is 0 Å². The lowest BCUT2D eigenvalue weighted by Gasteiger charge is -2.12. The van der Waals surface area contributed by atoms with Gasteiger partial charge < -0.3 is 5.73 Å². The van der Waals surface area contributed by atoms with Crippen LogP contribution in [0.25, 0.3) is 0 Å². The first-order chi connectivity index (χ1) is 8.49. The van der Waals surface area contributed by atoms with Crippen molar-refractivity contribution in [1.29, 1.82) is 0 Å². The largest absolute Gasteiger partial charge is 0.324 e. The van der Waals surface area contributed by atoms with Crippen LogP contribution in [0.3, 0.4) is 0 Å². The molecule has 0 aliphatic heterocycles. The van der Waals surface area contributed by atoms with Crippen molar-refractivity contribution in [2.24, 2.45) is 12.8 Å². The van der Waals surface area contributed by atoms with Crippen molar-refractivity contribution < 1.29 is 0 Å². The zero-order chi connectivity index (χ0) is 13.3. The maximum absolute atomic E-state index is 6.22. The minimum Gasteiger partial charge on any atom is -0.324 e. The fourth-order valence-corrected chi connectivity index (χ4v) is 2.44. The average Bonchev–Trinajstić information content (AvgIpc) is 2.57.